The van der Waals surface area contributed by atoms with E-state index >= 15 is 0 Å². The molecular weight excluding hydrogens is 390 g/mol. The van der Waals surface area contributed by atoms with Crippen LogP contribution in [-0.2, 0) is 7.05 Å². The Morgan fingerprint density at radius 1 is 1.12 bits per heavy atom. The van der Waals surface area contributed by atoms with Crippen molar-refractivity contribution in [3.63, 3.8) is 0 Å². The van der Waals surface area contributed by atoms with Gasteiger partial charge in [-0.3, -0.25) is 4.79 Å². The van der Waals surface area contributed by atoms with E-state index in [2.05, 4.69) is 20.9 Å². The van der Waals surface area contributed by atoms with Crippen molar-refractivity contribution in [3.8, 4) is 5.69 Å². The van der Waals surface area contributed by atoms with Crippen LogP contribution in [0.2, 0.25) is 0 Å². The van der Waals surface area contributed by atoms with Gasteiger partial charge in [0.25, 0.3) is 5.56 Å². The van der Waals surface area contributed by atoms with Crippen molar-refractivity contribution in [2.24, 2.45) is 7.05 Å². The minimum absolute atomic E-state index is 0.252. The second-order valence-corrected chi connectivity index (χ2v) is 5.92. The van der Waals surface area contributed by atoms with Crippen molar-refractivity contribution in [1.29, 1.82) is 0 Å². The molecule has 0 bridgehead atoms. The number of aryl methyl sites for hydroxylation is 1. The average molecular weight is 399 g/mol. The maximum atomic E-state index is 14.3. The molecule has 2 aromatic heterocycles. The molecule has 3 aromatic rings. The van der Waals surface area contributed by atoms with Gasteiger partial charge in [0, 0.05) is 11.5 Å². The van der Waals surface area contributed by atoms with Crippen LogP contribution in [0.1, 0.15) is 5.56 Å². The van der Waals surface area contributed by atoms with E-state index in [1.807, 2.05) is 0 Å². The number of rotatable bonds is 1. The summed E-state index contributed by atoms with van der Waals surface area (Å²) in [6, 6.07) is 2.97. The zero-order valence-electron chi connectivity index (χ0n) is 12.4. The number of halogens is 3. The molecule has 1 aromatic carbocycles. The monoisotopic (exact) mass is 398 g/mol. The topological polar surface area (TPSA) is 78.4 Å². The first-order valence-electron chi connectivity index (χ1n) is 6.59. The van der Waals surface area contributed by atoms with E-state index in [0.29, 0.717) is 29.6 Å². The highest BCUT2D eigenvalue weighted by atomic mass is 79.9. The predicted octanol–water partition coefficient (Wildman–Crippen LogP) is 0.893. The van der Waals surface area contributed by atoms with Crippen LogP contribution in [0.5, 0.6) is 0 Å². The van der Waals surface area contributed by atoms with E-state index in [-0.39, 0.29) is 5.69 Å². The molecule has 0 radical (unpaired) electrons. The quantitative estimate of drug-likeness (QED) is 0.570. The van der Waals surface area contributed by atoms with Crippen LogP contribution in [0.3, 0.4) is 0 Å². The van der Waals surface area contributed by atoms with Crippen molar-refractivity contribution in [1.82, 2.24) is 18.5 Å². The van der Waals surface area contributed by atoms with Gasteiger partial charge in [0.1, 0.15) is 5.82 Å². The van der Waals surface area contributed by atoms with Gasteiger partial charge in [0.2, 0.25) is 11.7 Å². The van der Waals surface area contributed by atoms with Crippen molar-refractivity contribution in [2.45, 2.75) is 6.92 Å². The van der Waals surface area contributed by atoms with E-state index in [0.717, 1.165) is 13.1 Å². The number of hydrogen-bond donors (Lipinski definition) is 0. The third-order valence-corrected chi connectivity index (χ3v) is 4.36. The maximum Gasteiger partial charge on any atom is 0.354 e. The molecule has 0 amide bonds. The first kappa shape index (κ1) is 16.2. The molecule has 2 heterocycles. The largest absolute Gasteiger partial charge is 0.354 e. The molecule has 3 rings (SSSR count). The summed E-state index contributed by atoms with van der Waals surface area (Å²) in [6.45, 7) is 1.66. The van der Waals surface area contributed by atoms with Gasteiger partial charge < -0.3 is 0 Å². The van der Waals surface area contributed by atoms with Crippen LogP contribution < -0.4 is 16.9 Å². The molecule has 0 aliphatic carbocycles. The molecule has 0 saturated heterocycles. The fourth-order valence-corrected chi connectivity index (χ4v) is 2.55. The SMILES string of the molecule is Cc1cc(-n2c(=O)cc(F)n3c(=O)n(C)c(=O)nc23)c(F)cc1Br. The minimum atomic E-state index is -1.20. The van der Waals surface area contributed by atoms with E-state index in [1.165, 1.54) is 6.07 Å². The second-order valence-electron chi connectivity index (χ2n) is 5.06. The summed E-state index contributed by atoms with van der Waals surface area (Å²) in [5.41, 5.74) is -2.66. The summed E-state index contributed by atoms with van der Waals surface area (Å²) >= 11 is 3.15. The lowest BCUT2D eigenvalue weighted by atomic mass is 10.2. The van der Waals surface area contributed by atoms with Crippen LogP contribution >= 0.6 is 15.9 Å². The van der Waals surface area contributed by atoms with Gasteiger partial charge in [-0.05, 0) is 24.6 Å². The van der Waals surface area contributed by atoms with Crippen LogP contribution in [0.4, 0.5) is 8.78 Å². The molecule has 0 atom stereocenters. The lowest BCUT2D eigenvalue weighted by Crippen LogP contribution is -2.41. The van der Waals surface area contributed by atoms with E-state index in [4.69, 9.17) is 0 Å². The first-order chi connectivity index (χ1) is 11.2. The van der Waals surface area contributed by atoms with E-state index < -0.39 is 34.5 Å². The van der Waals surface area contributed by atoms with Gasteiger partial charge in [0.05, 0.1) is 11.8 Å². The van der Waals surface area contributed by atoms with Gasteiger partial charge in [-0.15, -0.1) is 0 Å². The summed E-state index contributed by atoms with van der Waals surface area (Å²) in [6.07, 6.45) is 0. The molecule has 0 spiro atoms. The highest BCUT2D eigenvalue weighted by Crippen LogP contribution is 2.23. The normalized spacial score (nSPS) is 11.2. The van der Waals surface area contributed by atoms with Crippen LogP contribution in [-0.4, -0.2) is 18.5 Å². The van der Waals surface area contributed by atoms with Gasteiger partial charge in [-0.2, -0.15) is 9.37 Å². The number of benzene rings is 1. The molecule has 0 saturated carbocycles. The fraction of sp³-hybridized carbons (Fsp3) is 0.143. The van der Waals surface area contributed by atoms with Gasteiger partial charge in [-0.25, -0.2) is 27.5 Å². The molecular formula is C14H9BrF2N4O3. The minimum Gasteiger partial charge on any atom is -0.269 e. The zero-order valence-corrected chi connectivity index (χ0v) is 14.0. The maximum absolute atomic E-state index is 14.3. The smallest absolute Gasteiger partial charge is 0.269 e. The van der Waals surface area contributed by atoms with Crippen LogP contribution in [0, 0.1) is 18.7 Å². The molecule has 7 nitrogen and oxygen atoms in total. The Hall–Kier alpha value is -2.62. The predicted molar refractivity (Wildman–Crippen MR) is 84.7 cm³/mol. The highest BCUT2D eigenvalue weighted by Gasteiger charge is 2.18. The fourth-order valence-electron chi connectivity index (χ4n) is 2.23. The zero-order chi connectivity index (χ0) is 17.8. The average Bonchev–Trinajstić information content (AvgIpc) is 2.49. The van der Waals surface area contributed by atoms with E-state index in [9.17, 15) is 23.2 Å². The molecule has 0 aliphatic heterocycles. The van der Waals surface area contributed by atoms with E-state index in [1.54, 1.807) is 6.92 Å². The lowest BCUT2D eigenvalue weighted by molar-refractivity contribution is 0.525. The Morgan fingerprint density at radius 2 is 1.79 bits per heavy atom. The Bertz CT molecular complexity index is 1180. The molecule has 10 heteroatoms. The number of hydrogen-bond acceptors (Lipinski definition) is 4. The Labute approximate surface area is 140 Å². The standard InChI is InChI=1S/C14H9BrF2N4O3/c1-6-3-9(8(16)4-7(6)15)20-11(22)5-10(17)21-12(20)18-13(23)19(2)14(21)24/h3-5H,1-2H3. The third kappa shape index (κ3) is 2.30. The molecule has 124 valence electrons. The summed E-state index contributed by atoms with van der Waals surface area (Å²) in [5.74, 6) is -2.61. The van der Waals surface area contributed by atoms with Gasteiger partial charge in [-0.1, -0.05) is 15.9 Å². The molecule has 0 aliphatic rings. The number of aromatic nitrogens is 4. The highest BCUT2D eigenvalue weighted by molar-refractivity contribution is 9.10. The lowest BCUT2D eigenvalue weighted by Gasteiger charge is -2.13. The van der Waals surface area contributed by atoms with Crippen molar-refractivity contribution >= 4 is 21.7 Å². The van der Waals surface area contributed by atoms with Crippen molar-refractivity contribution < 1.29 is 8.78 Å². The van der Waals surface area contributed by atoms with Gasteiger partial charge >= 0.3 is 11.4 Å². The summed E-state index contributed by atoms with van der Waals surface area (Å²) in [4.78, 5) is 39.6. The summed E-state index contributed by atoms with van der Waals surface area (Å²) < 4.78 is 30.5. The second kappa shape index (κ2) is 5.48. The van der Waals surface area contributed by atoms with Crippen molar-refractivity contribution in [3.05, 3.63) is 71.3 Å². The number of fused-ring (bicyclic) bond motifs is 1. The number of nitrogens with zero attached hydrogens (tertiary/aromatic N) is 4. The Balaban J connectivity index is 2.60. The van der Waals surface area contributed by atoms with Crippen LogP contribution in [0.15, 0.2) is 37.1 Å². The third-order valence-electron chi connectivity index (χ3n) is 3.51. The molecule has 24 heavy (non-hydrogen) atoms. The molecule has 0 fully saturated rings. The first-order valence-corrected chi connectivity index (χ1v) is 7.39. The summed E-state index contributed by atoms with van der Waals surface area (Å²) in [7, 11) is 1.11. The van der Waals surface area contributed by atoms with Crippen LogP contribution in [0.25, 0.3) is 11.5 Å². The van der Waals surface area contributed by atoms with Gasteiger partial charge in [0.15, 0.2) is 0 Å². The Kier molecular flexibility index (Phi) is 3.71. The molecule has 0 N–H and O–H groups in total. The molecule has 0 unspecified atom stereocenters. The summed E-state index contributed by atoms with van der Waals surface area (Å²) in [5, 5.41) is 0. The van der Waals surface area contributed by atoms with Crippen molar-refractivity contribution in [2.75, 3.05) is 0 Å². The Morgan fingerprint density at radius 3 is 2.46 bits per heavy atom.